The second-order valence-electron chi connectivity index (χ2n) is 6.80. The van der Waals surface area contributed by atoms with Crippen molar-refractivity contribution in [2.45, 2.75) is 64.7 Å². The summed E-state index contributed by atoms with van der Waals surface area (Å²) in [5.41, 5.74) is -0.779. The number of nitrogens with zero attached hydrogens (tertiary/aromatic N) is 2. The number of aliphatic carboxylic acids is 1. The Bertz CT molecular complexity index is 521. The Kier molecular flexibility index (Phi) is 3.76. The Hall–Kier alpha value is -1.39. The van der Waals surface area contributed by atoms with E-state index in [1.165, 1.54) is 25.7 Å². The summed E-state index contributed by atoms with van der Waals surface area (Å²) < 4.78 is 5.37. The summed E-state index contributed by atoms with van der Waals surface area (Å²) in [7, 11) is 0. The minimum atomic E-state index is -0.779. The molecule has 3 atom stereocenters. The molecule has 5 nitrogen and oxygen atoms in total. The molecule has 1 N–H and O–H groups in total. The van der Waals surface area contributed by atoms with Gasteiger partial charge in [-0.25, -0.2) is 0 Å². The van der Waals surface area contributed by atoms with Gasteiger partial charge in [-0.15, -0.1) is 0 Å². The van der Waals surface area contributed by atoms with Gasteiger partial charge < -0.3 is 9.63 Å². The Morgan fingerprint density at radius 3 is 2.62 bits per heavy atom. The molecular formula is C16H24N2O3. The highest BCUT2D eigenvalue weighted by atomic mass is 16.5. The standard InChI is InChI=1S/C16H24N2O3/c1-3-16(4-2,15(19)20)9-13-17-14(18-21-13)12-8-10-5-6-11(12)7-10/h10-12H,3-9H2,1-2H3,(H,19,20). The molecule has 0 amide bonds. The number of rotatable bonds is 6. The van der Waals surface area contributed by atoms with Gasteiger partial charge in [-0.1, -0.05) is 25.4 Å². The molecule has 0 saturated heterocycles. The fraction of sp³-hybridized carbons (Fsp3) is 0.812. The zero-order valence-corrected chi connectivity index (χ0v) is 12.8. The maximum Gasteiger partial charge on any atom is 0.310 e. The summed E-state index contributed by atoms with van der Waals surface area (Å²) in [5, 5.41) is 13.6. The van der Waals surface area contributed by atoms with Crippen molar-refractivity contribution in [2.75, 3.05) is 0 Å². The smallest absolute Gasteiger partial charge is 0.310 e. The van der Waals surface area contributed by atoms with E-state index in [1.54, 1.807) is 0 Å². The van der Waals surface area contributed by atoms with Gasteiger partial charge in [0, 0.05) is 12.3 Å². The van der Waals surface area contributed by atoms with Gasteiger partial charge in [0.2, 0.25) is 5.89 Å². The second kappa shape index (κ2) is 5.43. The van der Waals surface area contributed by atoms with Crippen molar-refractivity contribution in [1.82, 2.24) is 10.1 Å². The molecule has 5 heteroatoms. The predicted molar refractivity (Wildman–Crippen MR) is 76.8 cm³/mol. The summed E-state index contributed by atoms with van der Waals surface area (Å²) in [6.07, 6.45) is 6.59. The van der Waals surface area contributed by atoms with E-state index in [9.17, 15) is 9.90 Å². The Balaban J connectivity index is 1.74. The summed E-state index contributed by atoms with van der Waals surface area (Å²) in [6, 6.07) is 0. The molecule has 3 rings (SSSR count). The molecule has 1 aromatic rings. The highest BCUT2D eigenvalue weighted by Crippen LogP contribution is 2.52. The quantitative estimate of drug-likeness (QED) is 0.869. The number of hydrogen-bond donors (Lipinski definition) is 1. The first kappa shape index (κ1) is 14.5. The van der Waals surface area contributed by atoms with Crippen LogP contribution in [0.2, 0.25) is 0 Å². The van der Waals surface area contributed by atoms with Crippen LogP contribution in [0.3, 0.4) is 0 Å². The number of carboxylic acid groups (broad SMARTS) is 1. The van der Waals surface area contributed by atoms with E-state index < -0.39 is 11.4 Å². The van der Waals surface area contributed by atoms with Gasteiger partial charge in [-0.3, -0.25) is 4.79 Å². The Labute approximate surface area is 125 Å². The Morgan fingerprint density at radius 2 is 2.10 bits per heavy atom. The zero-order chi connectivity index (χ0) is 15.0. The van der Waals surface area contributed by atoms with Gasteiger partial charge in [-0.2, -0.15) is 4.98 Å². The van der Waals surface area contributed by atoms with Crippen molar-refractivity contribution >= 4 is 5.97 Å². The molecule has 0 aromatic carbocycles. The third kappa shape index (κ3) is 2.47. The number of carbonyl (C=O) groups is 1. The topological polar surface area (TPSA) is 76.2 Å². The fourth-order valence-electron chi connectivity index (χ4n) is 4.22. The molecular weight excluding hydrogens is 268 g/mol. The molecule has 1 aromatic heterocycles. The van der Waals surface area contributed by atoms with Crippen molar-refractivity contribution in [2.24, 2.45) is 17.3 Å². The zero-order valence-electron chi connectivity index (χ0n) is 12.8. The van der Waals surface area contributed by atoms with Crippen LogP contribution in [0.15, 0.2) is 4.52 Å². The van der Waals surface area contributed by atoms with Gasteiger partial charge in [0.15, 0.2) is 5.82 Å². The van der Waals surface area contributed by atoms with Crippen molar-refractivity contribution in [3.63, 3.8) is 0 Å². The summed E-state index contributed by atoms with van der Waals surface area (Å²) in [4.78, 5) is 16.1. The molecule has 2 fully saturated rings. The number of carboxylic acids is 1. The lowest BCUT2D eigenvalue weighted by Gasteiger charge is -2.24. The number of hydrogen-bond acceptors (Lipinski definition) is 4. The van der Waals surface area contributed by atoms with Crippen molar-refractivity contribution in [3.05, 3.63) is 11.7 Å². The lowest BCUT2D eigenvalue weighted by atomic mass is 9.79. The van der Waals surface area contributed by atoms with E-state index >= 15 is 0 Å². The van der Waals surface area contributed by atoms with E-state index in [0.29, 0.717) is 37.0 Å². The van der Waals surface area contributed by atoms with Crippen LogP contribution in [-0.2, 0) is 11.2 Å². The fourth-order valence-corrected chi connectivity index (χ4v) is 4.22. The minimum absolute atomic E-state index is 0.336. The molecule has 3 unspecified atom stereocenters. The first-order valence-electron chi connectivity index (χ1n) is 8.14. The SMILES string of the molecule is CCC(CC)(Cc1nc(C2CC3CCC2C3)no1)C(=O)O. The van der Waals surface area contributed by atoms with E-state index in [4.69, 9.17) is 4.52 Å². The average molecular weight is 292 g/mol. The van der Waals surface area contributed by atoms with Crippen LogP contribution in [-0.4, -0.2) is 21.2 Å². The maximum absolute atomic E-state index is 11.6. The third-order valence-corrected chi connectivity index (χ3v) is 5.85. The highest BCUT2D eigenvalue weighted by Gasteiger charge is 2.43. The largest absolute Gasteiger partial charge is 0.481 e. The van der Waals surface area contributed by atoms with Gasteiger partial charge >= 0.3 is 5.97 Å². The lowest BCUT2D eigenvalue weighted by Crippen LogP contribution is -2.32. The molecule has 2 aliphatic rings. The molecule has 21 heavy (non-hydrogen) atoms. The van der Waals surface area contributed by atoms with E-state index in [2.05, 4.69) is 10.1 Å². The first-order chi connectivity index (χ1) is 10.1. The summed E-state index contributed by atoms with van der Waals surface area (Å²) >= 11 is 0. The van der Waals surface area contributed by atoms with Crippen LogP contribution in [0.4, 0.5) is 0 Å². The normalized spacial score (nSPS) is 28.2. The summed E-state index contributed by atoms with van der Waals surface area (Å²) in [6.45, 7) is 3.82. The van der Waals surface area contributed by atoms with Crippen LogP contribution in [0.1, 0.15) is 70.0 Å². The van der Waals surface area contributed by atoms with Crippen LogP contribution >= 0.6 is 0 Å². The van der Waals surface area contributed by atoms with Gasteiger partial charge in [0.25, 0.3) is 0 Å². The second-order valence-corrected chi connectivity index (χ2v) is 6.80. The van der Waals surface area contributed by atoms with Gasteiger partial charge in [0.1, 0.15) is 0 Å². The van der Waals surface area contributed by atoms with Crippen molar-refractivity contribution < 1.29 is 14.4 Å². The Morgan fingerprint density at radius 1 is 1.33 bits per heavy atom. The van der Waals surface area contributed by atoms with Crippen molar-refractivity contribution in [1.29, 1.82) is 0 Å². The predicted octanol–water partition coefficient (Wildman–Crippen LogP) is 3.41. The van der Waals surface area contributed by atoms with E-state index in [-0.39, 0.29) is 0 Å². The minimum Gasteiger partial charge on any atom is -0.481 e. The summed E-state index contributed by atoms with van der Waals surface area (Å²) in [5.74, 6) is 2.51. The first-order valence-corrected chi connectivity index (χ1v) is 8.14. The molecule has 0 spiro atoms. The number of fused-ring (bicyclic) bond motifs is 2. The average Bonchev–Trinajstić information content (AvgIpc) is 3.20. The number of aromatic nitrogens is 2. The van der Waals surface area contributed by atoms with E-state index in [0.717, 1.165) is 11.7 Å². The van der Waals surface area contributed by atoms with Crippen molar-refractivity contribution in [3.8, 4) is 0 Å². The van der Waals surface area contributed by atoms with Gasteiger partial charge in [-0.05, 0) is 43.9 Å². The molecule has 0 aliphatic heterocycles. The van der Waals surface area contributed by atoms with Crippen LogP contribution in [0.5, 0.6) is 0 Å². The molecule has 0 radical (unpaired) electrons. The molecule has 116 valence electrons. The molecule has 2 saturated carbocycles. The molecule has 2 bridgehead atoms. The van der Waals surface area contributed by atoms with Crippen LogP contribution in [0, 0.1) is 17.3 Å². The maximum atomic E-state index is 11.6. The molecule has 1 heterocycles. The molecule has 2 aliphatic carbocycles. The third-order valence-electron chi connectivity index (χ3n) is 5.85. The van der Waals surface area contributed by atoms with Gasteiger partial charge in [0.05, 0.1) is 5.41 Å². The lowest BCUT2D eigenvalue weighted by molar-refractivity contribution is -0.149. The monoisotopic (exact) mass is 292 g/mol. The van der Waals surface area contributed by atoms with Crippen LogP contribution < -0.4 is 0 Å². The highest BCUT2D eigenvalue weighted by molar-refractivity contribution is 5.74. The van der Waals surface area contributed by atoms with Crippen LogP contribution in [0.25, 0.3) is 0 Å². The van der Waals surface area contributed by atoms with E-state index in [1.807, 2.05) is 13.8 Å².